The Bertz CT molecular complexity index is 305. The Hall–Kier alpha value is -0.320. The van der Waals surface area contributed by atoms with E-state index < -0.39 is 15.3 Å². The summed E-state index contributed by atoms with van der Waals surface area (Å²) in [7, 11) is -3.44. The van der Waals surface area contributed by atoms with Crippen LogP contribution in [-0.4, -0.2) is 13.7 Å². The highest BCUT2D eigenvalue weighted by Gasteiger charge is 2.18. The minimum atomic E-state index is -3.44. The van der Waals surface area contributed by atoms with E-state index in [9.17, 15) is 8.42 Å². The monoisotopic (exact) mass is 193 g/mol. The van der Waals surface area contributed by atoms with Gasteiger partial charge >= 0.3 is 0 Å². The van der Waals surface area contributed by atoms with Crippen LogP contribution in [0.1, 0.15) is 6.42 Å². The largest absolute Gasteiger partial charge is 0.228 e. The summed E-state index contributed by atoms with van der Waals surface area (Å²) in [5, 5.41) is 4.86. The fourth-order valence-electron chi connectivity index (χ4n) is 0.818. The highest BCUT2D eigenvalue weighted by Crippen LogP contribution is 2.17. The molecule has 1 atom stereocenters. The van der Waals surface area contributed by atoms with Gasteiger partial charge in [0.25, 0.3) is 0 Å². The first-order valence-corrected chi connectivity index (χ1v) is 5.04. The van der Waals surface area contributed by atoms with Crippen LogP contribution in [0, 0.1) is 0 Å². The van der Waals surface area contributed by atoms with E-state index in [4.69, 9.17) is 16.7 Å². The van der Waals surface area contributed by atoms with Crippen molar-refractivity contribution in [2.75, 3.05) is 0 Å². The molecule has 11 heavy (non-hydrogen) atoms. The Morgan fingerprint density at radius 1 is 1.64 bits per heavy atom. The Morgan fingerprint density at radius 3 is 2.64 bits per heavy atom. The van der Waals surface area contributed by atoms with Crippen molar-refractivity contribution >= 4 is 21.6 Å². The molecule has 0 saturated carbocycles. The number of hydrogen-bond donors (Lipinski definition) is 1. The molecule has 62 valence electrons. The summed E-state index contributed by atoms with van der Waals surface area (Å²) >= 11 is 5.57. The van der Waals surface area contributed by atoms with Crippen LogP contribution in [0.2, 0.25) is 0 Å². The van der Waals surface area contributed by atoms with Crippen LogP contribution in [0.3, 0.4) is 0 Å². The Labute approximate surface area is 70.6 Å². The molecule has 0 amide bonds. The molecule has 0 aliphatic heterocycles. The van der Waals surface area contributed by atoms with Gasteiger partial charge in [-0.25, -0.2) is 13.6 Å². The number of allylic oxidation sites excluding steroid dienone is 3. The van der Waals surface area contributed by atoms with E-state index in [1.54, 1.807) is 12.2 Å². The molecule has 1 unspecified atom stereocenters. The van der Waals surface area contributed by atoms with Crippen molar-refractivity contribution in [1.82, 2.24) is 0 Å². The number of hydrogen-bond acceptors (Lipinski definition) is 2. The number of halogens is 1. The molecule has 0 fully saturated rings. The molecule has 2 N–H and O–H groups in total. The third kappa shape index (κ3) is 2.32. The molecule has 0 aromatic heterocycles. The van der Waals surface area contributed by atoms with Crippen molar-refractivity contribution in [2.24, 2.45) is 5.14 Å². The molecule has 0 radical (unpaired) electrons. The van der Waals surface area contributed by atoms with E-state index >= 15 is 0 Å². The number of sulfonamides is 1. The summed E-state index contributed by atoms with van der Waals surface area (Å²) in [6.45, 7) is 0. The Kier molecular flexibility index (Phi) is 2.37. The minimum absolute atomic E-state index is 0.369. The van der Waals surface area contributed by atoms with E-state index in [0.717, 1.165) is 0 Å². The number of nitrogens with two attached hydrogens (primary N) is 1. The third-order valence-electron chi connectivity index (χ3n) is 1.44. The molecule has 1 rings (SSSR count). The van der Waals surface area contributed by atoms with Crippen LogP contribution < -0.4 is 5.14 Å². The molecular weight excluding hydrogens is 186 g/mol. The van der Waals surface area contributed by atoms with Gasteiger partial charge in [-0.15, -0.1) is 0 Å². The quantitative estimate of drug-likeness (QED) is 0.668. The summed E-state index contributed by atoms with van der Waals surface area (Å²) < 4.78 is 21.5. The van der Waals surface area contributed by atoms with Gasteiger partial charge < -0.3 is 0 Å². The van der Waals surface area contributed by atoms with Gasteiger partial charge in [-0.05, 0) is 12.5 Å². The molecule has 0 spiro atoms. The van der Waals surface area contributed by atoms with Gasteiger partial charge in [0.05, 0.1) is 5.25 Å². The van der Waals surface area contributed by atoms with E-state index in [0.29, 0.717) is 11.5 Å². The van der Waals surface area contributed by atoms with Gasteiger partial charge in [0, 0.05) is 5.03 Å². The lowest BCUT2D eigenvalue weighted by Crippen LogP contribution is -2.27. The minimum Gasteiger partial charge on any atom is -0.228 e. The molecule has 1 aliphatic carbocycles. The van der Waals surface area contributed by atoms with Crippen LogP contribution in [0.25, 0.3) is 0 Å². The van der Waals surface area contributed by atoms with E-state index in [1.165, 1.54) is 6.08 Å². The summed E-state index contributed by atoms with van der Waals surface area (Å²) in [6, 6.07) is 0. The van der Waals surface area contributed by atoms with Crippen LogP contribution in [-0.2, 0) is 10.0 Å². The summed E-state index contributed by atoms with van der Waals surface area (Å²) in [5.41, 5.74) is 0. The molecule has 0 aromatic carbocycles. The number of rotatable bonds is 1. The van der Waals surface area contributed by atoms with Gasteiger partial charge in [-0.2, -0.15) is 0 Å². The zero-order chi connectivity index (χ0) is 8.48. The van der Waals surface area contributed by atoms with Crippen molar-refractivity contribution in [1.29, 1.82) is 0 Å². The van der Waals surface area contributed by atoms with Crippen molar-refractivity contribution < 1.29 is 8.42 Å². The van der Waals surface area contributed by atoms with E-state index in [1.807, 2.05) is 0 Å². The molecule has 0 heterocycles. The fraction of sp³-hybridized carbons (Fsp3) is 0.333. The maximum absolute atomic E-state index is 10.7. The lowest BCUT2D eigenvalue weighted by atomic mass is 10.2. The standard InChI is InChI=1S/C6H8ClNO2S/c7-5-1-3-6(4-2-5)11(8,9)10/h1-3,6H,4H2,(H2,8,9,10). The van der Waals surface area contributed by atoms with Gasteiger partial charge in [0.2, 0.25) is 10.0 Å². The summed E-state index contributed by atoms with van der Waals surface area (Å²) in [4.78, 5) is 0. The lowest BCUT2D eigenvalue weighted by molar-refractivity contribution is 0.590. The molecule has 3 nitrogen and oxygen atoms in total. The van der Waals surface area contributed by atoms with Crippen LogP contribution in [0.5, 0.6) is 0 Å². The first kappa shape index (κ1) is 8.77. The highest BCUT2D eigenvalue weighted by molar-refractivity contribution is 7.89. The van der Waals surface area contributed by atoms with E-state index in [2.05, 4.69) is 0 Å². The average molecular weight is 194 g/mol. The lowest BCUT2D eigenvalue weighted by Gasteiger charge is -2.10. The predicted molar refractivity (Wildman–Crippen MR) is 44.6 cm³/mol. The second-order valence-corrected chi connectivity index (χ2v) is 4.53. The molecular formula is C6H8ClNO2S. The first-order valence-electron chi connectivity index (χ1n) is 3.05. The number of primary sulfonamides is 1. The van der Waals surface area contributed by atoms with Gasteiger partial charge in [-0.1, -0.05) is 23.8 Å². The van der Waals surface area contributed by atoms with Crippen molar-refractivity contribution in [3.63, 3.8) is 0 Å². The van der Waals surface area contributed by atoms with Gasteiger partial charge in [0.15, 0.2) is 0 Å². The zero-order valence-electron chi connectivity index (χ0n) is 5.70. The van der Waals surface area contributed by atoms with Crippen LogP contribution >= 0.6 is 11.6 Å². The SMILES string of the molecule is NS(=O)(=O)C1C=CC(Cl)=CC1. The second-order valence-electron chi connectivity index (χ2n) is 2.31. The van der Waals surface area contributed by atoms with E-state index in [-0.39, 0.29) is 0 Å². The Morgan fingerprint density at radius 2 is 2.27 bits per heavy atom. The van der Waals surface area contributed by atoms with Crippen molar-refractivity contribution in [3.8, 4) is 0 Å². The van der Waals surface area contributed by atoms with Gasteiger partial charge in [0.1, 0.15) is 0 Å². The third-order valence-corrected chi connectivity index (χ3v) is 2.91. The van der Waals surface area contributed by atoms with Crippen LogP contribution in [0.4, 0.5) is 0 Å². The predicted octanol–water partition coefficient (Wildman–Crippen LogP) is 0.726. The topological polar surface area (TPSA) is 60.2 Å². The van der Waals surface area contributed by atoms with Gasteiger partial charge in [-0.3, -0.25) is 0 Å². The maximum Gasteiger partial charge on any atom is 0.215 e. The van der Waals surface area contributed by atoms with Crippen molar-refractivity contribution in [2.45, 2.75) is 11.7 Å². The summed E-state index contributed by atoms with van der Waals surface area (Å²) in [5.74, 6) is 0. The molecule has 0 bridgehead atoms. The smallest absolute Gasteiger partial charge is 0.215 e. The second kappa shape index (κ2) is 2.97. The first-order chi connectivity index (χ1) is 5.00. The molecule has 1 aliphatic rings. The van der Waals surface area contributed by atoms with Crippen LogP contribution in [0.15, 0.2) is 23.3 Å². The summed E-state index contributed by atoms with van der Waals surface area (Å²) in [6.07, 6.45) is 5.04. The maximum atomic E-state index is 10.7. The fourth-order valence-corrected chi connectivity index (χ4v) is 1.64. The molecule has 5 heteroatoms. The normalized spacial score (nSPS) is 24.9. The Balaban J connectivity index is 2.79. The highest BCUT2D eigenvalue weighted by atomic mass is 35.5. The molecule has 0 aromatic rings. The average Bonchev–Trinajstić information content (AvgIpc) is 1.86. The zero-order valence-corrected chi connectivity index (χ0v) is 7.27. The molecule has 0 saturated heterocycles. The van der Waals surface area contributed by atoms with Crippen molar-refractivity contribution in [3.05, 3.63) is 23.3 Å².